The molecule has 8 heteroatoms. The van der Waals surface area contributed by atoms with Gasteiger partial charge in [-0.3, -0.25) is 14.5 Å². The van der Waals surface area contributed by atoms with Gasteiger partial charge in [-0.05, 0) is 25.5 Å². The number of rotatable bonds is 3. The topological polar surface area (TPSA) is 88.8 Å². The van der Waals surface area contributed by atoms with E-state index in [1.165, 1.54) is 0 Å². The Labute approximate surface area is 156 Å². The van der Waals surface area contributed by atoms with Crippen LogP contribution in [-0.2, 0) is 11.8 Å². The summed E-state index contributed by atoms with van der Waals surface area (Å²) in [6, 6.07) is 4.25. The van der Waals surface area contributed by atoms with E-state index in [2.05, 4.69) is 31.3 Å². The fourth-order valence-electron chi connectivity index (χ4n) is 3.94. The molecule has 1 fully saturated rings. The van der Waals surface area contributed by atoms with Crippen molar-refractivity contribution in [2.75, 3.05) is 16.8 Å². The van der Waals surface area contributed by atoms with E-state index in [-0.39, 0.29) is 17.9 Å². The van der Waals surface area contributed by atoms with Crippen molar-refractivity contribution in [3.8, 4) is 11.3 Å². The summed E-state index contributed by atoms with van der Waals surface area (Å²) in [7, 11) is 1.91. The Morgan fingerprint density at radius 3 is 2.81 bits per heavy atom. The molecule has 2 atom stereocenters. The van der Waals surface area contributed by atoms with Gasteiger partial charge in [0.25, 0.3) is 0 Å². The van der Waals surface area contributed by atoms with Crippen molar-refractivity contribution in [2.24, 2.45) is 7.05 Å². The predicted molar refractivity (Wildman–Crippen MR) is 100 cm³/mol. The van der Waals surface area contributed by atoms with E-state index in [1.54, 1.807) is 18.6 Å². The molecule has 5 heterocycles. The minimum absolute atomic E-state index is 0.0866. The number of hydrogen-bond acceptors (Lipinski definition) is 6. The first-order valence-corrected chi connectivity index (χ1v) is 8.97. The first-order valence-electron chi connectivity index (χ1n) is 8.97. The first kappa shape index (κ1) is 15.9. The Hall–Kier alpha value is -3.29. The maximum atomic E-state index is 13.0. The average molecular weight is 361 g/mol. The van der Waals surface area contributed by atoms with Crippen molar-refractivity contribution in [1.29, 1.82) is 0 Å². The number of amides is 1. The molecule has 0 saturated carbocycles. The highest BCUT2D eigenvalue weighted by Gasteiger charge is 2.48. The predicted octanol–water partition coefficient (Wildman–Crippen LogP) is 1.90. The standard InChI is InChI=1S/C19H19N7O/c1-11-12(9-22-25(11)2)13-3-4-15-18(23-13)17(14-5-8-26(14)15)19(27)24-16-10-20-6-7-21-16/h3-4,6-7,9-10,14,17H,5,8H2,1-2H3,(H,21,24,27). The lowest BCUT2D eigenvalue weighted by molar-refractivity contribution is -0.118. The van der Waals surface area contributed by atoms with E-state index in [1.807, 2.05) is 30.9 Å². The van der Waals surface area contributed by atoms with Gasteiger partial charge in [0.15, 0.2) is 5.82 Å². The zero-order valence-corrected chi connectivity index (χ0v) is 15.1. The minimum Gasteiger partial charge on any atom is -0.366 e. The van der Waals surface area contributed by atoms with Gasteiger partial charge in [0.2, 0.25) is 5.91 Å². The molecule has 3 aromatic rings. The SMILES string of the molecule is Cc1c(-c2ccc3c(n2)C(C(=O)Nc2cnccn2)C2CCN32)cnn1C. The Morgan fingerprint density at radius 2 is 2.15 bits per heavy atom. The number of aromatic nitrogens is 5. The Balaban J connectivity index is 1.52. The summed E-state index contributed by atoms with van der Waals surface area (Å²) >= 11 is 0. The normalized spacial score (nSPS) is 20.0. The molecule has 3 aromatic heterocycles. The molecule has 1 N–H and O–H groups in total. The molecule has 1 amide bonds. The molecule has 5 rings (SSSR count). The summed E-state index contributed by atoms with van der Waals surface area (Å²) < 4.78 is 1.83. The van der Waals surface area contributed by atoms with Crippen molar-refractivity contribution >= 4 is 17.4 Å². The van der Waals surface area contributed by atoms with Crippen LogP contribution in [0.5, 0.6) is 0 Å². The molecule has 0 aliphatic carbocycles. The van der Waals surface area contributed by atoms with Crippen LogP contribution >= 0.6 is 0 Å². The van der Waals surface area contributed by atoms with Gasteiger partial charge in [-0.1, -0.05) is 0 Å². The summed E-state index contributed by atoms with van der Waals surface area (Å²) in [4.78, 5) is 28.3. The highest BCUT2D eigenvalue weighted by molar-refractivity contribution is 5.98. The third-order valence-corrected chi connectivity index (χ3v) is 5.57. The Morgan fingerprint density at radius 1 is 1.26 bits per heavy atom. The zero-order valence-electron chi connectivity index (χ0n) is 15.1. The molecule has 0 radical (unpaired) electrons. The molecule has 0 aromatic carbocycles. The largest absolute Gasteiger partial charge is 0.366 e. The van der Waals surface area contributed by atoms with Crippen molar-refractivity contribution in [3.05, 3.63) is 48.3 Å². The minimum atomic E-state index is -0.312. The van der Waals surface area contributed by atoms with Crippen molar-refractivity contribution in [2.45, 2.75) is 25.3 Å². The van der Waals surface area contributed by atoms with Crippen molar-refractivity contribution < 1.29 is 4.79 Å². The molecular formula is C19H19N7O. The van der Waals surface area contributed by atoms with Gasteiger partial charge in [0, 0.05) is 43.3 Å². The number of nitrogens with zero attached hydrogens (tertiary/aromatic N) is 6. The number of aryl methyl sites for hydroxylation is 1. The monoisotopic (exact) mass is 361 g/mol. The molecule has 136 valence electrons. The maximum Gasteiger partial charge on any atom is 0.236 e. The third-order valence-electron chi connectivity index (χ3n) is 5.57. The van der Waals surface area contributed by atoms with Gasteiger partial charge in [0.1, 0.15) is 5.92 Å². The van der Waals surface area contributed by atoms with Crippen LogP contribution in [0, 0.1) is 6.92 Å². The first-order chi connectivity index (χ1) is 13.1. The van der Waals surface area contributed by atoms with Crippen LogP contribution in [0.4, 0.5) is 11.5 Å². The van der Waals surface area contributed by atoms with E-state index in [4.69, 9.17) is 4.98 Å². The van der Waals surface area contributed by atoms with Crippen LogP contribution in [-0.4, -0.2) is 43.2 Å². The van der Waals surface area contributed by atoms with Crippen LogP contribution in [0.15, 0.2) is 36.9 Å². The van der Waals surface area contributed by atoms with Crippen LogP contribution in [0.2, 0.25) is 0 Å². The van der Waals surface area contributed by atoms with E-state index in [0.717, 1.165) is 41.3 Å². The molecule has 2 aliphatic heterocycles. The smallest absolute Gasteiger partial charge is 0.236 e. The molecular weight excluding hydrogens is 342 g/mol. The molecule has 27 heavy (non-hydrogen) atoms. The van der Waals surface area contributed by atoms with E-state index < -0.39 is 0 Å². The summed E-state index contributed by atoms with van der Waals surface area (Å²) in [5.41, 5.74) is 4.77. The lowest BCUT2D eigenvalue weighted by Gasteiger charge is -2.39. The molecule has 1 saturated heterocycles. The number of carbonyl (C=O) groups is 1. The molecule has 0 spiro atoms. The fourth-order valence-corrected chi connectivity index (χ4v) is 3.94. The maximum absolute atomic E-state index is 13.0. The summed E-state index contributed by atoms with van der Waals surface area (Å²) in [5, 5.41) is 7.20. The second-order valence-corrected chi connectivity index (χ2v) is 6.98. The van der Waals surface area contributed by atoms with Gasteiger partial charge < -0.3 is 10.2 Å². The zero-order chi connectivity index (χ0) is 18.5. The van der Waals surface area contributed by atoms with E-state index >= 15 is 0 Å². The van der Waals surface area contributed by atoms with Crippen molar-refractivity contribution in [3.63, 3.8) is 0 Å². The summed E-state index contributed by atoms with van der Waals surface area (Å²) in [6.07, 6.45) is 7.50. The van der Waals surface area contributed by atoms with E-state index in [0.29, 0.717) is 5.82 Å². The number of carbonyl (C=O) groups excluding carboxylic acids is 1. The van der Waals surface area contributed by atoms with E-state index in [9.17, 15) is 4.79 Å². The Kier molecular flexibility index (Phi) is 3.46. The van der Waals surface area contributed by atoms with Crippen LogP contribution in [0.1, 0.15) is 23.7 Å². The summed E-state index contributed by atoms with van der Waals surface area (Å²) in [5.74, 6) is 0.0604. The lowest BCUT2D eigenvalue weighted by atomic mass is 9.91. The number of pyridine rings is 1. The second kappa shape index (κ2) is 5.87. The van der Waals surface area contributed by atoms with Gasteiger partial charge in [-0.25, -0.2) is 9.97 Å². The lowest BCUT2D eigenvalue weighted by Crippen LogP contribution is -2.49. The fraction of sp³-hybridized carbons (Fsp3) is 0.316. The van der Waals surface area contributed by atoms with Crippen LogP contribution in [0.25, 0.3) is 11.3 Å². The number of hydrogen-bond donors (Lipinski definition) is 1. The molecule has 2 unspecified atom stereocenters. The quantitative estimate of drug-likeness (QED) is 0.766. The highest BCUT2D eigenvalue weighted by atomic mass is 16.2. The molecule has 8 nitrogen and oxygen atoms in total. The van der Waals surface area contributed by atoms with Crippen molar-refractivity contribution in [1.82, 2.24) is 24.7 Å². The second-order valence-electron chi connectivity index (χ2n) is 6.98. The van der Waals surface area contributed by atoms with Crippen LogP contribution in [0.3, 0.4) is 0 Å². The number of fused-ring (bicyclic) bond motifs is 3. The molecule has 2 aliphatic rings. The van der Waals surface area contributed by atoms with Gasteiger partial charge in [-0.15, -0.1) is 0 Å². The van der Waals surface area contributed by atoms with Gasteiger partial charge >= 0.3 is 0 Å². The third kappa shape index (κ3) is 2.40. The van der Waals surface area contributed by atoms with Crippen LogP contribution < -0.4 is 10.2 Å². The average Bonchev–Trinajstić information content (AvgIpc) is 3.09. The summed E-state index contributed by atoms with van der Waals surface area (Å²) in [6.45, 7) is 2.97. The van der Waals surface area contributed by atoms with Gasteiger partial charge in [-0.2, -0.15) is 5.10 Å². The number of nitrogens with one attached hydrogen (secondary N) is 1. The Bertz CT molecular complexity index is 1030. The van der Waals surface area contributed by atoms with Gasteiger partial charge in [0.05, 0.1) is 29.5 Å². The number of anilines is 2. The highest BCUT2D eigenvalue weighted by Crippen LogP contribution is 2.47. The molecule has 0 bridgehead atoms.